The second-order valence-electron chi connectivity index (χ2n) is 9.71. The lowest BCUT2D eigenvalue weighted by atomic mass is 9.90. The number of fused-ring (bicyclic) bond motifs is 1. The van der Waals surface area contributed by atoms with Gasteiger partial charge in [-0.3, -0.25) is 0 Å². The molecule has 2 saturated heterocycles. The molecular formula is C25H31FN6O3S. The first-order valence-electron chi connectivity index (χ1n) is 12.1. The molecule has 0 radical (unpaired) electrons. The van der Waals surface area contributed by atoms with Crippen molar-refractivity contribution in [2.24, 2.45) is 5.92 Å². The van der Waals surface area contributed by atoms with Gasteiger partial charge in [-0.25, -0.2) is 22.8 Å². The minimum absolute atomic E-state index is 0.129. The fourth-order valence-electron chi connectivity index (χ4n) is 5.09. The Bertz CT molecular complexity index is 1360. The number of rotatable bonds is 7. The second-order valence-corrected chi connectivity index (χ2v) is 11.9. The summed E-state index contributed by atoms with van der Waals surface area (Å²) in [6.45, 7) is 3.59. The summed E-state index contributed by atoms with van der Waals surface area (Å²) >= 11 is 0. The second kappa shape index (κ2) is 9.78. The van der Waals surface area contributed by atoms with E-state index in [9.17, 15) is 12.8 Å². The third-order valence-corrected chi connectivity index (χ3v) is 8.17. The van der Waals surface area contributed by atoms with Crippen molar-refractivity contribution in [1.82, 2.24) is 15.0 Å². The maximum Gasteiger partial charge on any atom is 0.227 e. The van der Waals surface area contributed by atoms with E-state index in [-0.39, 0.29) is 30.4 Å². The number of alkyl halides is 1. The van der Waals surface area contributed by atoms with Crippen LogP contribution in [0.15, 0.2) is 42.7 Å². The fourth-order valence-corrected chi connectivity index (χ4v) is 6.25. The molecule has 1 N–H and O–H groups in total. The molecule has 3 aromatic rings. The van der Waals surface area contributed by atoms with Crippen molar-refractivity contribution < 1.29 is 17.5 Å². The number of nitrogens with zero attached hydrogens (tertiary/aromatic N) is 5. The zero-order valence-electron chi connectivity index (χ0n) is 20.6. The first kappa shape index (κ1) is 24.6. The lowest BCUT2D eigenvalue weighted by Crippen LogP contribution is -2.57. The maximum absolute atomic E-state index is 14.3. The Morgan fingerprint density at radius 3 is 2.75 bits per heavy atom. The largest absolute Gasteiger partial charge is 0.378 e. The van der Waals surface area contributed by atoms with Crippen LogP contribution in [0.2, 0.25) is 0 Å². The van der Waals surface area contributed by atoms with Crippen molar-refractivity contribution in [3.8, 4) is 0 Å². The van der Waals surface area contributed by atoms with Gasteiger partial charge in [0, 0.05) is 61.9 Å². The minimum Gasteiger partial charge on any atom is -0.378 e. The van der Waals surface area contributed by atoms with Gasteiger partial charge in [0.05, 0.1) is 18.4 Å². The van der Waals surface area contributed by atoms with Crippen LogP contribution in [0.5, 0.6) is 0 Å². The summed E-state index contributed by atoms with van der Waals surface area (Å²) in [5.74, 6) is 2.02. The van der Waals surface area contributed by atoms with Crippen LogP contribution >= 0.6 is 0 Å². The Hall–Kier alpha value is -3.05. The summed E-state index contributed by atoms with van der Waals surface area (Å²) in [5.41, 5.74) is 1.05. The van der Waals surface area contributed by atoms with Crippen molar-refractivity contribution in [2.45, 2.75) is 31.7 Å². The van der Waals surface area contributed by atoms with Crippen molar-refractivity contribution in [3.05, 3.63) is 42.7 Å². The topological polar surface area (TPSA) is 101 Å². The molecular weight excluding hydrogens is 483 g/mol. The molecule has 2 aliphatic rings. The molecule has 2 aromatic heterocycles. The number of anilines is 4. The Morgan fingerprint density at radius 1 is 1.19 bits per heavy atom. The van der Waals surface area contributed by atoms with E-state index in [0.717, 1.165) is 16.5 Å². The SMILES string of the molecule is CO[C@H]1CCN(c2nccc(Nc3cc4cccc(N5C[C@H](CS(C)(=O)=O)[C@H]5C)c4cn3)n2)C[C@H]1F. The van der Waals surface area contributed by atoms with E-state index < -0.39 is 16.0 Å². The lowest BCUT2D eigenvalue weighted by molar-refractivity contribution is 0.0194. The zero-order chi connectivity index (χ0) is 25.4. The number of hydrogen-bond donors (Lipinski definition) is 1. The predicted octanol–water partition coefficient (Wildman–Crippen LogP) is 3.20. The number of hydrogen-bond acceptors (Lipinski definition) is 9. The summed E-state index contributed by atoms with van der Waals surface area (Å²) in [7, 11) is -1.47. The standard InChI is InChI=1S/C25H31FN6O3S/c1-16-18(15-36(3,33)34)13-32(16)21-6-4-5-17-11-24(28-12-19(17)21)29-23-7-9-27-25(30-23)31-10-8-22(35-2)20(26)14-31/h4-7,9,11-12,16,18,20,22H,8,10,13-15H2,1-3H3,(H,27,28,29,30)/t16-,18-,20-,22+/m1/s1. The van der Waals surface area contributed by atoms with E-state index in [2.05, 4.69) is 32.1 Å². The Balaban J connectivity index is 1.31. The highest BCUT2D eigenvalue weighted by Crippen LogP contribution is 2.37. The van der Waals surface area contributed by atoms with Crippen LogP contribution in [-0.2, 0) is 14.6 Å². The molecule has 4 atom stereocenters. The molecule has 192 valence electrons. The summed E-state index contributed by atoms with van der Waals surface area (Å²) in [6, 6.07) is 9.92. The number of benzene rings is 1. The van der Waals surface area contributed by atoms with E-state index >= 15 is 0 Å². The van der Waals surface area contributed by atoms with E-state index in [0.29, 0.717) is 37.1 Å². The summed E-state index contributed by atoms with van der Waals surface area (Å²) in [6.07, 6.45) is 3.88. The van der Waals surface area contributed by atoms with Crippen molar-refractivity contribution in [1.29, 1.82) is 0 Å². The lowest BCUT2D eigenvalue weighted by Gasteiger charge is -2.48. The Labute approximate surface area is 210 Å². The molecule has 11 heteroatoms. The van der Waals surface area contributed by atoms with E-state index in [1.54, 1.807) is 12.3 Å². The van der Waals surface area contributed by atoms with Crippen molar-refractivity contribution in [3.63, 3.8) is 0 Å². The summed E-state index contributed by atoms with van der Waals surface area (Å²) in [5, 5.41) is 5.26. The Kier molecular flexibility index (Phi) is 6.69. The molecule has 0 saturated carbocycles. The molecule has 1 aromatic carbocycles. The number of halogens is 1. The molecule has 2 fully saturated rings. The van der Waals surface area contributed by atoms with Crippen LogP contribution in [0.3, 0.4) is 0 Å². The fraction of sp³-hybridized carbons (Fsp3) is 0.480. The first-order chi connectivity index (χ1) is 17.2. The van der Waals surface area contributed by atoms with E-state index in [4.69, 9.17) is 4.74 Å². The summed E-state index contributed by atoms with van der Waals surface area (Å²) in [4.78, 5) is 17.6. The van der Waals surface area contributed by atoms with Crippen LogP contribution in [0.1, 0.15) is 13.3 Å². The van der Waals surface area contributed by atoms with E-state index in [1.807, 2.05) is 35.4 Å². The molecule has 5 rings (SSSR count). The molecule has 0 aliphatic carbocycles. The van der Waals surface area contributed by atoms with Crippen LogP contribution in [0.4, 0.5) is 27.7 Å². The number of pyridine rings is 1. The molecule has 4 heterocycles. The van der Waals surface area contributed by atoms with Crippen LogP contribution < -0.4 is 15.1 Å². The quantitative estimate of drug-likeness (QED) is 0.509. The zero-order valence-corrected chi connectivity index (χ0v) is 21.4. The van der Waals surface area contributed by atoms with Crippen LogP contribution in [0, 0.1) is 5.92 Å². The van der Waals surface area contributed by atoms with Gasteiger partial charge in [-0.15, -0.1) is 0 Å². The van der Waals surface area contributed by atoms with Gasteiger partial charge in [0.1, 0.15) is 27.6 Å². The minimum atomic E-state index is -3.00. The third kappa shape index (κ3) is 5.08. The van der Waals surface area contributed by atoms with Gasteiger partial charge in [0.25, 0.3) is 0 Å². The predicted molar refractivity (Wildman–Crippen MR) is 140 cm³/mol. The number of methoxy groups -OCH3 is 1. The molecule has 9 nitrogen and oxygen atoms in total. The van der Waals surface area contributed by atoms with Gasteiger partial charge < -0.3 is 19.9 Å². The van der Waals surface area contributed by atoms with Gasteiger partial charge in [-0.1, -0.05) is 12.1 Å². The van der Waals surface area contributed by atoms with Crippen molar-refractivity contribution in [2.75, 3.05) is 53.9 Å². The monoisotopic (exact) mass is 514 g/mol. The molecule has 0 bridgehead atoms. The highest BCUT2D eigenvalue weighted by Gasteiger charge is 2.38. The molecule has 36 heavy (non-hydrogen) atoms. The normalized spacial score (nSPS) is 24.6. The van der Waals surface area contributed by atoms with Gasteiger partial charge in [0.2, 0.25) is 5.95 Å². The smallest absolute Gasteiger partial charge is 0.227 e. The van der Waals surface area contributed by atoms with E-state index in [1.165, 1.54) is 13.4 Å². The first-order valence-corrected chi connectivity index (χ1v) is 14.1. The average Bonchev–Trinajstić information content (AvgIpc) is 2.85. The van der Waals surface area contributed by atoms with Gasteiger partial charge in [-0.2, -0.15) is 4.98 Å². The Morgan fingerprint density at radius 2 is 2.03 bits per heavy atom. The van der Waals surface area contributed by atoms with Gasteiger partial charge in [0.15, 0.2) is 0 Å². The van der Waals surface area contributed by atoms with Crippen LogP contribution in [0.25, 0.3) is 10.8 Å². The molecule has 0 spiro atoms. The van der Waals surface area contributed by atoms with Crippen molar-refractivity contribution >= 4 is 43.9 Å². The maximum atomic E-state index is 14.3. The molecule has 2 aliphatic heterocycles. The summed E-state index contributed by atoms with van der Waals surface area (Å²) < 4.78 is 42.9. The number of sulfone groups is 1. The van der Waals surface area contributed by atoms with Crippen LogP contribution in [-0.4, -0.2) is 80.4 Å². The highest BCUT2D eigenvalue weighted by molar-refractivity contribution is 7.90. The average molecular weight is 515 g/mol. The number of nitrogens with one attached hydrogen (secondary N) is 1. The van der Waals surface area contributed by atoms with Gasteiger partial charge in [-0.05, 0) is 36.9 Å². The molecule has 0 amide bonds. The number of aromatic nitrogens is 3. The number of ether oxygens (including phenoxy) is 1. The molecule has 0 unspecified atom stereocenters. The number of piperidine rings is 1. The highest BCUT2D eigenvalue weighted by atomic mass is 32.2. The third-order valence-electron chi connectivity index (χ3n) is 7.14. The van der Waals surface area contributed by atoms with Gasteiger partial charge >= 0.3 is 0 Å².